The molecule has 0 fully saturated rings. The maximum atomic E-state index is 13.1. The first-order chi connectivity index (χ1) is 11.6. The molecule has 2 aromatic rings. The van der Waals surface area contributed by atoms with E-state index in [-0.39, 0.29) is 18.4 Å². The number of carbonyl (C=O) groups excluding carboxylic acids is 2. The van der Waals surface area contributed by atoms with Crippen molar-refractivity contribution in [2.24, 2.45) is 0 Å². The molecule has 6 nitrogen and oxygen atoms in total. The minimum Gasteiger partial charge on any atom is -0.337 e. The Hall–Kier alpha value is -2.78. The second kappa shape index (κ2) is 5.39. The summed E-state index contributed by atoms with van der Waals surface area (Å²) >= 11 is 5.90. The van der Waals surface area contributed by atoms with Gasteiger partial charge in [0.25, 0.3) is 5.91 Å². The van der Waals surface area contributed by atoms with Crippen LogP contribution in [0.3, 0.4) is 0 Å². The number of hydrogen-bond donors (Lipinski definition) is 1. The van der Waals surface area contributed by atoms with Gasteiger partial charge in [-0.1, -0.05) is 11.6 Å². The van der Waals surface area contributed by atoms with Crippen LogP contribution >= 0.6 is 11.6 Å². The van der Waals surface area contributed by atoms with E-state index in [1.807, 2.05) is 4.57 Å². The third kappa shape index (κ3) is 2.09. The molecule has 0 spiro atoms. The topological polar surface area (TPSA) is 78.1 Å². The van der Waals surface area contributed by atoms with E-state index in [0.717, 1.165) is 18.5 Å². The maximum absolute atomic E-state index is 13.1. The summed E-state index contributed by atoms with van der Waals surface area (Å²) in [4.78, 5) is 26.8. The fourth-order valence-corrected chi connectivity index (χ4v) is 3.52. The molecule has 24 heavy (non-hydrogen) atoms. The van der Waals surface area contributed by atoms with Gasteiger partial charge >= 0.3 is 0 Å². The third-order valence-electron chi connectivity index (χ3n) is 4.43. The predicted octanol–water partition coefficient (Wildman–Crippen LogP) is 2.56. The number of nitriles is 1. The summed E-state index contributed by atoms with van der Waals surface area (Å²) in [5.41, 5.74) is 2.56. The minimum absolute atomic E-state index is 0.102. The zero-order valence-corrected chi connectivity index (χ0v) is 13.4. The van der Waals surface area contributed by atoms with E-state index < -0.39 is 0 Å². The van der Waals surface area contributed by atoms with Crippen LogP contribution in [-0.2, 0) is 17.8 Å². The highest BCUT2D eigenvalue weighted by molar-refractivity contribution is 6.30. The van der Waals surface area contributed by atoms with Crippen molar-refractivity contribution in [3.63, 3.8) is 0 Å². The molecule has 0 radical (unpaired) electrons. The highest BCUT2D eigenvalue weighted by Crippen LogP contribution is 2.36. The Morgan fingerprint density at radius 1 is 1.21 bits per heavy atom. The van der Waals surface area contributed by atoms with E-state index in [1.165, 1.54) is 4.90 Å². The quantitative estimate of drug-likeness (QED) is 0.866. The first-order valence-corrected chi connectivity index (χ1v) is 8.00. The summed E-state index contributed by atoms with van der Waals surface area (Å²) in [5.74, 6) is -0.604. The monoisotopic (exact) mass is 340 g/mol. The summed E-state index contributed by atoms with van der Waals surface area (Å²) in [5, 5.41) is 12.8. The van der Waals surface area contributed by atoms with Crippen LogP contribution in [-0.4, -0.2) is 22.9 Å². The molecule has 2 aliphatic rings. The summed E-state index contributed by atoms with van der Waals surface area (Å²) in [6, 6.07) is 8.91. The lowest BCUT2D eigenvalue weighted by atomic mass is 10.1. The Kier molecular flexibility index (Phi) is 3.32. The van der Waals surface area contributed by atoms with Crippen LogP contribution in [0.4, 0.5) is 11.4 Å². The molecule has 120 valence electrons. The fraction of sp³-hybridized carbons (Fsp3) is 0.235. The van der Waals surface area contributed by atoms with Gasteiger partial charge in [0.2, 0.25) is 5.91 Å². The zero-order valence-electron chi connectivity index (χ0n) is 12.7. The van der Waals surface area contributed by atoms with Gasteiger partial charge in [0.05, 0.1) is 11.3 Å². The number of nitrogens with one attached hydrogen (secondary N) is 1. The van der Waals surface area contributed by atoms with E-state index in [2.05, 4.69) is 11.4 Å². The van der Waals surface area contributed by atoms with Gasteiger partial charge in [0, 0.05) is 22.9 Å². The average molecular weight is 341 g/mol. The van der Waals surface area contributed by atoms with Gasteiger partial charge in [-0.25, -0.2) is 0 Å². The fourth-order valence-electron chi connectivity index (χ4n) is 3.40. The molecule has 0 saturated carbocycles. The molecular formula is C17H13ClN4O2. The number of nitrogens with zero attached hydrogens (tertiary/aromatic N) is 3. The van der Waals surface area contributed by atoms with Crippen LogP contribution in [0.25, 0.3) is 0 Å². The van der Waals surface area contributed by atoms with Crippen LogP contribution < -0.4 is 10.2 Å². The van der Waals surface area contributed by atoms with Crippen LogP contribution in [0.15, 0.2) is 24.3 Å². The van der Waals surface area contributed by atoms with E-state index in [1.54, 1.807) is 24.3 Å². The molecular weight excluding hydrogens is 328 g/mol. The number of halogens is 1. The van der Waals surface area contributed by atoms with Crippen molar-refractivity contribution in [3.05, 3.63) is 46.2 Å². The number of rotatable bonds is 1. The molecule has 0 atom stereocenters. The molecule has 0 unspecified atom stereocenters. The Bertz CT molecular complexity index is 908. The molecule has 1 aromatic carbocycles. The second-order valence-electron chi connectivity index (χ2n) is 5.83. The maximum Gasteiger partial charge on any atom is 0.277 e. The number of aromatic nitrogens is 1. The largest absolute Gasteiger partial charge is 0.337 e. The highest BCUT2D eigenvalue weighted by atomic mass is 35.5. The van der Waals surface area contributed by atoms with Crippen molar-refractivity contribution in [2.75, 3.05) is 16.8 Å². The van der Waals surface area contributed by atoms with Crippen molar-refractivity contribution in [3.8, 4) is 6.07 Å². The van der Waals surface area contributed by atoms with E-state index in [4.69, 9.17) is 11.6 Å². The summed E-state index contributed by atoms with van der Waals surface area (Å²) in [6.45, 7) is 0.574. The van der Waals surface area contributed by atoms with E-state index in [9.17, 15) is 14.9 Å². The number of benzene rings is 1. The molecule has 0 saturated heterocycles. The van der Waals surface area contributed by atoms with Crippen molar-refractivity contribution in [1.82, 2.24) is 4.57 Å². The van der Waals surface area contributed by atoms with Crippen molar-refractivity contribution >= 4 is 34.8 Å². The lowest BCUT2D eigenvalue weighted by Crippen LogP contribution is -2.36. The van der Waals surface area contributed by atoms with Crippen LogP contribution in [0.5, 0.6) is 0 Å². The summed E-state index contributed by atoms with van der Waals surface area (Å²) < 4.78 is 1.87. The Labute approximate surface area is 143 Å². The standard InChI is InChI=1S/C17H13ClN4O2/c18-10-3-5-11(6-4-10)22-9-14(23)20-15-12(8-19)13-2-1-7-21(13)16(15)17(22)24/h3-6H,1-2,7,9H2,(H,20,23). The van der Waals surface area contributed by atoms with Crippen LogP contribution in [0.2, 0.25) is 5.02 Å². The smallest absolute Gasteiger partial charge is 0.277 e. The molecule has 1 N–H and O–H groups in total. The van der Waals surface area contributed by atoms with Gasteiger partial charge in [-0.15, -0.1) is 0 Å². The van der Waals surface area contributed by atoms with Gasteiger partial charge in [0.15, 0.2) is 0 Å². The average Bonchev–Trinajstić information content (AvgIpc) is 3.09. The van der Waals surface area contributed by atoms with Gasteiger partial charge in [-0.2, -0.15) is 5.26 Å². The molecule has 2 amide bonds. The van der Waals surface area contributed by atoms with Crippen molar-refractivity contribution in [2.45, 2.75) is 19.4 Å². The summed E-state index contributed by atoms with van der Waals surface area (Å²) in [6.07, 6.45) is 1.62. The van der Waals surface area contributed by atoms with Crippen molar-refractivity contribution < 1.29 is 9.59 Å². The molecule has 0 aliphatic carbocycles. The van der Waals surface area contributed by atoms with Crippen molar-refractivity contribution in [1.29, 1.82) is 5.26 Å². The number of carbonyl (C=O) groups is 2. The Balaban J connectivity index is 1.88. The Morgan fingerprint density at radius 3 is 2.67 bits per heavy atom. The molecule has 2 aliphatic heterocycles. The SMILES string of the molecule is N#Cc1c2c(n3c1CCC3)C(=O)N(c1ccc(Cl)cc1)CC(=O)N2. The van der Waals surface area contributed by atoms with Gasteiger partial charge in [-0.05, 0) is 37.1 Å². The first-order valence-electron chi connectivity index (χ1n) is 7.63. The predicted molar refractivity (Wildman–Crippen MR) is 89.2 cm³/mol. The molecule has 0 bridgehead atoms. The second-order valence-corrected chi connectivity index (χ2v) is 6.26. The van der Waals surface area contributed by atoms with Gasteiger partial charge in [-0.3, -0.25) is 14.5 Å². The van der Waals surface area contributed by atoms with Crippen LogP contribution in [0.1, 0.15) is 28.2 Å². The number of fused-ring (bicyclic) bond motifs is 3. The lowest BCUT2D eigenvalue weighted by molar-refractivity contribution is -0.114. The van der Waals surface area contributed by atoms with E-state index in [0.29, 0.717) is 34.2 Å². The summed E-state index contributed by atoms with van der Waals surface area (Å²) in [7, 11) is 0. The number of anilines is 2. The molecule has 4 rings (SSSR count). The molecule has 7 heteroatoms. The zero-order chi connectivity index (χ0) is 16.8. The molecule has 3 heterocycles. The highest BCUT2D eigenvalue weighted by Gasteiger charge is 2.36. The van der Waals surface area contributed by atoms with E-state index >= 15 is 0 Å². The van der Waals surface area contributed by atoms with Crippen LogP contribution in [0, 0.1) is 11.3 Å². The Morgan fingerprint density at radius 2 is 1.96 bits per heavy atom. The number of hydrogen-bond acceptors (Lipinski definition) is 3. The van der Waals surface area contributed by atoms with Gasteiger partial charge < -0.3 is 9.88 Å². The minimum atomic E-state index is -0.321. The number of amides is 2. The molecule has 1 aromatic heterocycles. The normalized spacial score (nSPS) is 16.2. The van der Waals surface area contributed by atoms with Gasteiger partial charge in [0.1, 0.15) is 18.3 Å². The first kappa shape index (κ1) is 14.8. The lowest BCUT2D eigenvalue weighted by Gasteiger charge is -2.20. The third-order valence-corrected chi connectivity index (χ3v) is 4.68.